The lowest BCUT2D eigenvalue weighted by Crippen LogP contribution is -2.22. The van der Waals surface area contributed by atoms with Crippen molar-refractivity contribution in [3.05, 3.63) is 28.2 Å². The summed E-state index contributed by atoms with van der Waals surface area (Å²) < 4.78 is 0.998. The molecule has 1 aromatic carbocycles. The molecule has 0 spiro atoms. The van der Waals surface area contributed by atoms with Gasteiger partial charge in [0.1, 0.15) is 0 Å². The maximum Gasteiger partial charge on any atom is 0.233 e. The Bertz CT molecular complexity index is 654. The fraction of sp³-hybridized carbons (Fsp3) is 0.357. The van der Waals surface area contributed by atoms with Crippen molar-refractivity contribution in [3.8, 4) is 0 Å². The molecular formula is C14H17BrN6. The predicted molar refractivity (Wildman–Crippen MR) is 87.8 cm³/mol. The van der Waals surface area contributed by atoms with E-state index >= 15 is 0 Å². The van der Waals surface area contributed by atoms with E-state index in [-0.39, 0.29) is 5.95 Å². The van der Waals surface area contributed by atoms with Crippen molar-refractivity contribution in [3.63, 3.8) is 0 Å². The topological polar surface area (TPSA) is 80.0 Å². The molecule has 2 heterocycles. The van der Waals surface area contributed by atoms with Crippen LogP contribution < -0.4 is 16.0 Å². The minimum atomic E-state index is 0.238. The molecule has 1 saturated heterocycles. The van der Waals surface area contributed by atoms with Gasteiger partial charge in [0.15, 0.2) is 0 Å². The Morgan fingerprint density at radius 2 is 1.95 bits per heavy atom. The first-order valence-electron chi connectivity index (χ1n) is 6.91. The Morgan fingerprint density at radius 1 is 1.19 bits per heavy atom. The molecule has 1 fully saturated rings. The molecule has 0 amide bonds. The number of nitrogens with two attached hydrogens (primary N) is 1. The maximum absolute atomic E-state index is 5.81. The van der Waals surface area contributed by atoms with Crippen LogP contribution in [-0.2, 0) is 0 Å². The average Bonchev–Trinajstić information content (AvgIpc) is 2.96. The number of nitrogens with one attached hydrogen (secondary N) is 1. The quantitative estimate of drug-likeness (QED) is 0.887. The van der Waals surface area contributed by atoms with Crippen molar-refractivity contribution in [1.29, 1.82) is 0 Å². The molecule has 3 N–H and O–H groups in total. The molecule has 0 unspecified atom stereocenters. The van der Waals surface area contributed by atoms with Crippen LogP contribution in [0.4, 0.5) is 23.5 Å². The van der Waals surface area contributed by atoms with E-state index in [1.54, 1.807) is 0 Å². The van der Waals surface area contributed by atoms with Crippen LogP contribution >= 0.6 is 15.9 Å². The summed E-state index contributed by atoms with van der Waals surface area (Å²) in [6.07, 6.45) is 2.33. The van der Waals surface area contributed by atoms with E-state index in [9.17, 15) is 0 Å². The molecule has 0 saturated carbocycles. The number of aryl methyl sites for hydroxylation is 1. The molecule has 7 heteroatoms. The smallest absolute Gasteiger partial charge is 0.233 e. The summed E-state index contributed by atoms with van der Waals surface area (Å²) in [5.41, 5.74) is 7.87. The SMILES string of the molecule is Cc1ccc(Br)cc1Nc1nc(N)nc(N2CCCC2)n1. The van der Waals surface area contributed by atoms with Crippen molar-refractivity contribution in [2.24, 2.45) is 0 Å². The van der Waals surface area contributed by atoms with Gasteiger partial charge >= 0.3 is 0 Å². The van der Waals surface area contributed by atoms with Crippen molar-refractivity contribution in [1.82, 2.24) is 15.0 Å². The highest BCUT2D eigenvalue weighted by molar-refractivity contribution is 9.10. The van der Waals surface area contributed by atoms with Gasteiger partial charge in [-0.1, -0.05) is 22.0 Å². The van der Waals surface area contributed by atoms with E-state index in [2.05, 4.69) is 41.1 Å². The molecular weight excluding hydrogens is 332 g/mol. The number of nitrogen functional groups attached to an aromatic ring is 1. The van der Waals surface area contributed by atoms with Gasteiger partial charge in [-0.05, 0) is 37.5 Å². The van der Waals surface area contributed by atoms with Crippen molar-refractivity contribution < 1.29 is 0 Å². The third-order valence-electron chi connectivity index (χ3n) is 3.48. The summed E-state index contributed by atoms with van der Waals surface area (Å²) in [6, 6.07) is 6.02. The largest absolute Gasteiger partial charge is 0.368 e. The van der Waals surface area contributed by atoms with Crippen LogP contribution in [0, 0.1) is 6.92 Å². The summed E-state index contributed by atoms with van der Waals surface area (Å²) in [7, 11) is 0. The maximum atomic E-state index is 5.81. The zero-order chi connectivity index (χ0) is 14.8. The van der Waals surface area contributed by atoms with Crippen LogP contribution in [0.3, 0.4) is 0 Å². The number of benzene rings is 1. The number of halogens is 1. The summed E-state index contributed by atoms with van der Waals surface area (Å²) in [5, 5.41) is 3.22. The van der Waals surface area contributed by atoms with Gasteiger partial charge in [-0.15, -0.1) is 0 Å². The van der Waals surface area contributed by atoms with Gasteiger partial charge in [-0.2, -0.15) is 15.0 Å². The van der Waals surface area contributed by atoms with Crippen molar-refractivity contribution in [2.75, 3.05) is 29.0 Å². The standard InChI is InChI=1S/C14H17BrN6/c1-9-4-5-10(15)8-11(9)17-13-18-12(16)19-14(20-13)21-6-2-3-7-21/h4-5,8H,2-3,6-7H2,1H3,(H3,16,17,18,19,20). The summed E-state index contributed by atoms with van der Waals surface area (Å²) >= 11 is 3.47. The van der Waals surface area contributed by atoms with E-state index in [0.717, 1.165) is 28.8 Å². The Hall–Kier alpha value is -1.89. The molecule has 0 atom stereocenters. The van der Waals surface area contributed by atoms with E-state index in [0.29, 0.717) is 11.9 Å². The van der Waals surface area contributed by atoms with Crippen LogP contribution in [0.15, 0.2) is 22.7 Å². The number of aromatic nitrogens is 3. The van der Waals surface area contributed by atoms with Gasteiger partial charge < -0.3 is 16.0 Å². The number of hydrogen-bond acceptors (Lipinski definition) is 6. The molecule has 110 valence electrons. The normalized spacial score (nSPS) is 14.5. The molecule has 6 nitrogen and oxygen atoms in total. The Labute approximate surface area is 131 Å². The van der Waals surface area contributed by atoms with Gasteiger partial charge in [-0.25, -0.2) is 0 Å². The molecule has 1 aliphatic heterocycles. The van der Waals surface area contributed by atoms with Gasteiger partial charge in [0.2, 0.25) is 17.8 Å². The Morgan fingerprint density at radius 3 is 2.71 bits per heavy atom. The average molecular weight is 349 g/mol. The first-order chi connectivity index (χ1) is 10.1. The van der Waals surface area contributed by atoms with Crippen LogP contribution in [0.2, 0.25) is 0 Å². The van der Waals surface area contributed by atoms with Crippen molar-refractivity contribution in [2.45, 2.75) is 19.8 Å². The monoisotopic (exact) mass is 348 g/mol. The van der Waals surface area contributed by atoms with Gasteiger partial charge in [0, 0.05) is 23.2 Å². The molecule has 3 rings (SSSR count). The number of hydrogen-bond donors (Lipinski definition) is 2. The third kappa shape index (κ3) is 3.24. The lowest BCUT2D eigenvalue weighted by molar-refractivity contribution is 0.887. The Kier molecular flexibility index (Phi) is 3.92. The second kappa shape index (κ2) is 5.85. The highest BCUT2D eigenvalue weighted by Gasteiger charge is 2.17. The second-order valence-corrected chi connectivity index (χ2v) is 6.01. The summed E-state index contributed by atoms with van der Waals surface area (Å²) in [6.45, 7) is 3.97. The highest BCUT2D eigenvalue weighted by atomic mass is 79.9. The summed E-state index contributed by atoms with van der Waals surface area (Å²) in [5.74, 6) is 1.36. The van der Waals surface area contributed by atoms with Crippen LogP contribution in [0.1, 0.15) is 18.4 Å². The minimum Gasteiger partial charge on any atom is -0.368 e. The van der Waals surface area contributed by atoms with Crippen LogP contribution in [0.5, 0.6) is 0 Å². The molecule has 2 aromatic rings. The molecule has 1 aromatic heterocycles. The van der Waals surface area contributed by atoms with E-state index in [1.165, 1.54) is 12.8 Å². The predicted octanol–water partition coefficient (Wildman–Crippen LogP) is 2.87. The highest BCUT2D eigenvalue weighted by Crippen LogP contribution is 2.24. The van der Waals surface area contributed by atoms with Crippen molar-refractivity contribution >= 4 is 39.5 Å². The third-order valence-corrected chi connectivity index (χ3v) is 3.97. The van der Waals surface area contributed by atoms with E-state index in [4.69, 9.17) is 5.73 Å². The summed E-state index contributed by atoms with van der Waals surface area (Å²) in [4.78, 5) is 15.0. The lowest BCUT2D eigenvalue weighted by Gasteiger charge is -2.16. The molecule has 0 aliphatic carbocycles. The first-order valence-corrected chi connectivity index (χ1v) is 7.71. The minimum absolute atomic E-state index is 0.238. The van der Waals surface area contributed by atoms with Crippen LogP contribution in [-0.4, -0.2) is 28.0 Å². The molecule has 0 bridgehead atoms. The van der Waals surface area contributed by atoms with E-state index in [1.807, 2.05) is 25.1 Å². The second-order valence-electron chi connectivity index (χ2n) is 5.10. The molecule has 21 heavy (non-hydrogen) atoms. The number of nitrogens with zero attached hydrogens (tertiary/aromatic N) is 4. The Balaban J connectivity index is 1.89. The zero-order valence-corrected chi connectivity index (χ0v) is 13.4. The van der Waals surface area contributed by atoms with Gasteiger partial charge in [0.25, 0.3) is 0 Å². The van der Waals surface area contributed by atoms with Crippen LogP contribution in [0.25, 0.3) is 0 Å². The zero-order valence-electron chi connectivity index (χ0n) is 11.8. The number of rotatable bonds is 3. The molecule has 0 radical (unpaired) electrons. The molecule has 1 aliphatic rings. The lowest BCUT2D eigenvalue weighted by atomic mass is 10.2. The first kappa shape index (κ1) is 14.1. The fourth-order valence-electron chi connectivity index (χ4n) is 2.34. The van der Waals surface area contributed by atoms with E-state index < -0.39 is 0 Å². The number of anilines is 4. The van der Waals surface area contributed by atoms with Gasteiger partial charge in [0.05, 0.1) is 0 Å². The fourth-order valence-corrected chi connectivity index (χ4v) is 2.71. The van der Waals surface area contributed by atoms with Gasteiger partial charge in [-0.3, -0.25) is 0 Å².